The molecule has 0 heterocycles. The summed E-state index contributed by atoms with van der Waals surface area (Å²) in [4.78, 5) is 7.13. The molecule has 0 aliphatic carbocycles. The molecule has 7 aromatic rings. The second-order valence-corrected chi connectivity index (χ2v) is 16.2. The summed E-state index contributed by atoms with van der Waals surface area (Å²) >= 11 is 0. The maximum absolute atomic E-state index is 12.3. The fraction of sp³-hybridized carbons (Fsp3) is 0.0476. The van der Waals surface area contributed by atoms with Gasteiger partial charge >= 0.3 is 0 Å². The van der Waals surface area contributed by atoms with Gasteiger partial charge in [-0.3, -0.25) is 9.11 Å². The molecule has 0 radical (unpaired) electrons. The lowest BCUT2D eigenvalue weighted by Gasteiger charge is -2.10. The smallest absolute Gasteiger partial charge is 0.296 e. The molecule has 0 spiro atoms. The number of nitrogens with zero attached hydrogens (tertiary/aromatic N) is 6. The van der Waals surface area contributed by atoms with Gasteiger partial charge in [-0.2, -0.15) is 27.1 Å². The maximum Gasteiger partial charge on any atom is 0.296 e. The zero-order valence-corrected chi connectivity index (χ0v) is 33.0. The maximum atomic E-state index is 12.3. The molecular weight excluding hydrogens is 813 g/mol. The Kier molecular flexibility index (Phi) is 11.0. The zero-order chi connectivity index (χ0) is 42.9. The first-order chi connectivity index (χ1) is 28.4. The van der Waals surface area contributed by atoms with Crippen LogP contribution in [-0.4, -0.2) is 58.2 Å². The number of aliphatic imine (C=N–C) groups is 2. The number of phenols is 2. The van der Waals surface area contributed by atoms with Crippen LogP contribution in [0.15, 0.2) is 162 Å². The van der Waals surface area contributed by atoms with Gasteiger partial charge in [0.05, 0.1) is 22.7 Å². The molecule has 0 aliphatic rings. The summed E-state index contributed by atoms with van der Waals surface area (Å²) in [6, 6.07) is 30.2. The van der Waals surface area contributed by atoms with E-state index in [-0.39, 0.29) is 44.0 Å². The van der Waals surface area contributed by atoms with E-state index in [2.05, 4.69) is 30.4 Å². The quantitative estimate of drug-likeness (QED) is 0.0328. The van der Waals surface area contributed by atoms with Gasteiger partial charge in [-0.25, -0.2) is 9.98 Å². The van der Waals surface area contributed by atoms with Gasteiger partial charge in [0.1, 0.15) is 21.2 Å². The van der Waals surface area contributed by atoms with E-state index in [1.54, 1.807) is 48.5 Å². The van der Waals surface area contributed by atoms with E-state index in [9.17, 15) is 46.4 Å². The summed E-state index contributed by atoms with van der Waals surface area (Å²) in [6.45, 7) is 3.74. The van der Waals surface area contributed by atoms with Gasteiger partial charge in [0.25, 0.3) is 20.2 Å². The van der Waals surface area contributed by atoms with Crippen molar-refractivity contribution < 1.29 is 46.4 Å². The molecule has 0 atom stereocenters. The minimum Gasteiger partial charge on any atom is -0.505 e. The zero-order valence-electron chi connectivity index (χ0n) is 31.4. The summed E-state index contributed by atoms with van der Waals surface area (Å²) < 4.78 is 68.9. The predicted octanol–water partition coefficient (Wildman–Crippen LogP) is 10.6. The number of benzene rings is 7. The molecule has 0 fully saturated rings. The van der Waals surface area contributed by atoms with Gasteiger partial charge < -0.3 is 20.4 Å². The Hall–Kier alpha value is -7.38. The lowest BCUT2D eigenvalue weighted by Crippen LogP contribution is -2.03. The minimum atomic E-state index is -4.85. The van der Waals surface area contributed by atoms with Crippen molar-refractivity contribution in [1.82, 2.24) is 0 Å². The average molecular weight is 845 g/mol. The molecule has 0 saturated heterocycles. The number of aliphatic hydroxyl groups is 2. The van der Waals surface area contributed by atoms with Gasteiger partial charge in [0.15, 0.2) is 11.5 Å². The van der Waals surface area contributed by atoms with Crippen molar-refractivity contribution in [3.05, 3.63) is 144 Å². The lowest BCUT2D eigenvalue weighted by molar-refractivity contribution is 0.471. The standard InChI is InChI=1S/C42H32N6O10S2/c1-23-6-12-29(13-7-23)45-47-37-35(59(53,54)55)19-25-10-16-31(21-33(25)39(37)49)43-41(51)27-4-3-5-28(18-27)42(52)44-32-17-11-26-20-36(60(56,57)58)38(40(50)34(26)22-32)48-46-30-14-8-24(2)9-15-30/h3-22,49-50H,1-2H3,(H,43,51)(H,44,52)(H,53,54,55)(H,56,57,58). The Morgan fingerprint density at radius 2 is 0.833 bits per heavy atom. The summed E-state index contributed by atoms with van der Waals surface area (Å²) in [7, 11) is -9.69. The van der Waals surface area contributed by atoms with Crippen LogP contribution in [0.2, 0.25) is 0 Å². The van der Waals surface area contributed by atoms with Crippen LogP contribution in [0.5, 0.6) is 11.5 Å². The van der Waals surface area contributed by atoms with Crippen molar-refractivity contribution in [2.24, 2.45) is 30.4 Å². The average Bonchev–Trinajstić information content (AvgIpc) is 3.21. The molecule has 302 valence electrons. The lowest BCUT2D eigenvalue weighted by atomic mass is 10.1. The Labute approximate surface area is 342 Å². The van der Waals surface area contributed by atoms with Crippen LogP contribution in [0.1, 0.15) is 22.3 Å². The van der Waals surface area contributed by atoms with Crippen molar-refractivity contribution in [3.63, 3.8) is 0 Å². The largest absolute Gasteiger partial charge is 0.505 e. The van der Waals surface area contributed by atoms with Crippen LogP contribution in [0.25, 0.3) is 21.5 Å². The number of aliphatic hydroxyl groups excluding tert-OH is 2. The Morgan fingerprint density at radius 3 is 1.20 bits per heavy atom. The monoisotopic (exact) mass is 844 g/mol. The normalized spacial score (nSPS) is 12.9. The highest BCUT2D eigenvalue weighted by molar-refractivity contribution is 7.86. The Balaban J connectivity index is 1.20. The first kappa shape index (κ1) is 40.8. The SMILES string of the molecule is Cc1ccc(N=Nc2c(S(=O)(=O)O)cc3ccc(N=C(O)c4cccc(C(O)=Nc5ccc6cc(S(=O)(=O)O)c(N=Nc7ccc(C)cc7)c(O)c6c5)c4)cc3c2O)cc1. The molecule has 60 heavy (non-hydrogen) atoms. The third kappa shape index (κ3) is 8.86. The Morgan fingerprint density at radius 1 is 0.467 bits per heavy atom. The fourth-order valence-corrected chi connectivity index (χ4v) is 7.31. The fourth-order valence-electron chi connectivity index (χ4n) is 5.99. The van der Waals surface area contributed by atoms with Crippen molar-refractivity contribution >= 4 is 87.7 Å². The number of azo groups is 2. The van der Waals surface area contributed by atoms with Crippen molar-refractivity contribution in [2.45, 2.75) is 23.6 Å². The van der Waals surface area contributed by atoms with Crippen LogP contribution in [0.4, 0.5) is 34.1 Å². The predicted molar refractivity (Wildman–Crippen MR) is 226 cm³/mol. The third-order valence-electron chi connectivity index (χ3n) is 9.08. The van der Waals surface area contributed by atoms with E-state index in [1.807, 2.05) is 13.8 Å². The summed E-state index contributed by atoms with van der Waals surface area (Å²) in [5, 5.41) is 60.9. The highest BCUT2D eigenvalue weighted by atomic mass is 32.2. The molecule has 0 aromatic heterocycles. The van der Waals surface area contributed by atoms with E-state index >= 15 is 0 Å². The minimum absolute atomic E-state index is 0.0879. The molecule has 0 unspecified atom stereocenters. The highest BCUT2D eigenvalue weighted by Crippen LogP contribution is 2.44. The number of aromatic hydroxyl groups is 2. The van der Waals surface area contributed by atoms with E-state index in [4.69, 9.17) is 0 Å². The molecule has 6 N–H and O–H groups in total. The van der Waals surface area contributed by atoms with Crippen molar-refractivity contribution in [1.29, 1.82) is 0 Å². The van der Waals surface area contributed by atoms with E-state index < -0.39 is 64.7 Å². The van der Waals surface area contributed by atoms with Crippen LogP contribution >= 0.6 is 0 Å². The highest BCUT2D eigenvalue weighted by Gasteiger charge is 2.24. The number of hydrogen-bond donors (Lipinski definition) is 6. The number of aryl methyl sites for hydroxylation is 2. The first-order valence-electron chi connectivity index (χ1n) is 17.6. The van der Waals surface area contributed by atoms with Crippen LogP contribution in [-0.2, 0) is 20.2 Å². The molecule has 0 saturated carbocycles. The second-order valence-electron chi connectivity index (χ2n) is 13.4. The molecule has 18 heteroatoms. The van der Waals surface area contributed by atoms with Gasteiger partial charge in [-0.05, 0) is 103 Å². The number of rotatable bonds is 10. The van der Waals surface area contributed by atoms with E-state index in [1.165, 1.54) is 60.7 Å². The van der Waals surface area contributed by atoms with E-state index in [0.29, 0.717) is 11.4 Å². The Bertz CT molecular complexity index is 2990. The van der Waals surface area contributed by atoms with Gasteiger partial charge in [0.2, 0.25) is 11.8 Å². The summed E-state index contributed by atoms with van der Waals surface area (Å²) in [5.74, 6) is -2.23. The van der Waals surface area contributed by atoms with Crippen molar-refractivity contribution in [2.75, 3.05) is 0 Å². The van der Waals surface area contributed by atoms with Crippen LogP contribution in [0, 0.1) is 13.8 Å². The summed E-state index contributed by atoms with van der Waals surface area (Å²) in [6.07, 6.45) is 0. The molecule has 0 bridgehead atoms. The van der Waals surface area contributed by atoms with Gasteiger partial charge in [-0.15, -0.1) is 10.2 Å². The number of fused-ring (bicyclic) bond motifs is 2. The van der Waals surface area contributed by atoms with Crippen LogP contribution in [0.3, 0.4) is 0 Å². The summed E-state index contributed by atoms with van der Waals surface area (Å²) in [5.41, 5.74) is 2.17. The van der Waals surface area contributed by atoms with Gasteiger partial charge in [-0.1, -0.05) is 53.6 Å². The third-order valence-corrected chi connectivity index (χ3v) is 10.8. The van der Waals surface area contributed by atoms with Crippen LogP contribution < -0.4 is 0 Å². The number of phenolic OH excluding ortho intramolecular Hbond substituents is 2. The second kappa shape index (κ2) is 16.1. The molecule has 0 aliphatic heterocycles. The molecule has 7 aromatic carbocycles. The molecule has 0 amide bonds. The molecule has 7 rings (SSSR count). The van der Waals surface area contributed by atoms with E-state index in [0.717, 1.165) is 23.3 Å². The van der Waals surface area contributed by atoms with Crippen molar-refractivity contribution in [3.8, 4) is 11.5 Å². The number of hydrogen-bond acceptors (Lipinski definition) is 12. The first-order valence-corrected chi connectivity index (χ1v) is 20.5. The molecule has 16 nitrogen and oxygen atoms in total. The molecular formula is C42H32N6O10S2. The van der Waals surface area contributed by atoms with Gasteiger partial charge in [0, 0.05) is 21.9 Å². The topological polar surface area (TPSA) is 264 Å².